The molecule has 190 valence electrons. The summed E-state index contributed by atoms with van der Waals surface area (Å²) in [5.41, 5.74) is 0.554. The van der Waals surface area contributed by atoms with Crippen molar-refractivity contribution in [3.8, 4) is 0 Å². The summed E-state index contributed by atoms with van der Waals surface area (Å²) in [7, 11) is -3.41. The third-order valence-corrected chi connectivity index (χ3v) is 12.2. The number of fused-ring (bicyclic) bond motifs is 4. The van der Waals surface area contributed by atoms with E-state index in [1.54, 1.807) is 0 Å². The maximum atomic E-state index is 11.8. The lowest BCUT2D eigenvalue weighted by molar-refractivity contribution is -0.113. The molecule has 4 nitrogen and oxygen atoms in total. The van der Waals surface area contributed by atoms with Crippen LogP contribution in [0.25, 0.3) is 0 Å². The minimum Gasteiger partial charge on any atom is -0.365 e. The molecule has 0 aromatic rings. The van der Waals surface area contributed by atoms with Crippen LogP contribution in [0.3, 0.4) is 0 Å². The highest BCUT2D eigenvalue weighted by molar-refractivity contribution is 7.86. The van der Waals surface area contributed by atoms with Crippen LogP contribution in [0.5, 0.6) is 0 Å². The largest absolute Gasteiger partial charge is 0.365 e. The van der Waals surface area contributed by atoms with Gasteiger partial charge in [0.15, 0.2) is 0 Å². The van der Waals surface area contributed by atoms with E-state index in [9.17, 15) is 8.42 Å². The van der Waals surface area contributed by atoms with Crippen molar-refractivity contribution in [1.82, 2.24) is 0 Å². The van der Waals surface area contributed by atoms with Gasteiger partial charge in [0, 0.05) is 11.8 Å². The average Bonchev–Trinajstić information content (AvgIpc) is 3.27. The Kier molecular flexibility index (Phi) is 6.10. The molecular formula is C28H48O4S. The maximum absolute atomic E-state index is 11.8. The van der Waals surface area contributed by atoms with Crippen LogP contribution in [0.15, 0.2) is 0 Å². The van der Waals surface area contributed by atoms with Gasteiger partial charge in [0.25, 0.3) is 10.1 Å². The number of rotatable bonds is 7. The second-order valence-corrected chi connectivity index (χ2v) is 15.3. The van der Waals surface area contributed by atoms with Crippen molar-refractivity contribution in [3.05, 3.63) is 0 Å². The molecule has 4 aliphatic carbocycles. The van der Waals surface area contributed by atoms with E-state index in [2.05, 4.69) is 34.6 Å². The predicted molar refractivity (Wildman–Crippen MR) is 132 cm³/mol. The fourth-order valence-electron chi connectivity index (χ4n) is 9.99. The van der Waals surface area contributed by atoms with Crippen molar-refractivity contribution >= 4 is 10.1 Å². The lowest BCUT2D eigenvalue weighted by Crippen LogP contribution is -2.59. The molecule has 33 heavy (non-hydrogen) atoms. The molecule has 5 heteroatoms. The molecule has 4 saturated carbocycles. The van der Waals surface area contributed by atoms with Crippen LogP contribution in [0.2, 0.25) is 0 Å². The van der Waals surface area contributed by atoms with E-state index in [0.717, 1.165) is 54.8 Å². The molecule has 10 atom stereocenters. The molecule has 5 aliphatic rings. The molecule has 0 N–H and O–H groups in total. The van der Waals surface area contributed by atoms with E-state index >= 15 is 0 Å². The highest BCUT2D eigenvalue weighted by Crippen LogP contribution is 2.74. The molecule has 5 fully saturated rings. The quantitative estimate of drug-likeness (QED) is 0.305. The van der Waals surface area contributed by atoms with Gasteiger partial charge in [-0.25, -0.2) is 0 Å². The summed E-state index contributed by atoms with van der Waals surface area (Å²) in [4.78, 5) is 0. The van der Waals surface area contributed by atoms with Gasteiger partial charge in [-0.15, -0.1) is 0 Å². The minimum atomic E-state index is -3.41. The van der Waals surface area contributed by atoms with Crippen LogP contribution in [-0.4, -0.2) is 32.5 Å². The van der Waals surface area contributed by atoms with Crippen LogP contribution < -0.4 is 0 Å². The standard InChI is InChI=1S/C28H48O4S/c1-18(2)8-7-9-19(3)22-10-11-23-21-16-25-28(31-25)17-20(32-33(6,29)30)12-15-27(28,5)24(21)13-14-26(22,23)4/h18-25H,7-17H2,1-6H3/t19-,20+,21+,22-,23+,24+,25+,26-,27-,28+/m1/s1. The summed E-state index contributed by atoms with van der Waals surface area (Å²) in [6.45, 7) is 12.4. The van der Waals surface area contributed by atoms with Gasteiger partial charge in [0.05, 0.1) is 18.5 Å². The zero-order valence-electron chi connectivity index (χ0n) is 21.9. The zero-order chi connectivity index (χ0) is 23.8. The van der Waals surface area contributed by atoms with Crippen molar-refractivity contribution in [2.75, 3.05) is 6.26 Å². The third-order valence-electron chi connectivity index (χ3n) is 11.6. The predicted octanol–water partition coefficient (Wildman–Crippen LogP) is 6.58. The Morgan fingerprint density at radius 2 is 1.76 bits per heavy atom. The normalized spacial score (nSPS) is 49.7. The first-order valence-corrected chi connectivity index (χ1v) is 15.8. The van der Waals surface area contributed by atoms with Crippen molar-refractivity contribution < 1.29 is 17.3 Å². The van der Waals surface area contributed by atoms with Gasteiger partial charge < -0.3 is 4.74 Å². The summed E-state index contributed by atoms with van der Waals surface area (Å²) >= 11 is 0. The SMILES string of the molecule is CC(C)CCC[C@@H](C)[C@H]1CC[C@H]2[C@@H]3C[C@@H]4O[C@@]45C[C@@H](OS(C)(=O)=O)CC[C@]5(C)[C@H]3CC[C@]12C. The van der Waals surface area contributed by atoms with Gasteiger partial charge in [-0.05, 0) is 85.9 Å². The first-order chi connectivity index (χ1) is 15.4. The van der Waals surface area contributed by atoms with Crippen LogP contribution in [-0.2, 0) is 19.0 Å². The molecule has 1 saturated heterocycles. The van der Waals surface area contributed by atoms with E-state index in [-0.39, 0.29) is 17.1 Å². The summed E-state index contributed by atoms with van der Waals surface area (Å²) in [6.07, 6.45) is 14.8. The average molecular weight is 481 g/mol. The van der Waals surface area contributed by atoms with Gasteiger partial charge in [0.2, 0.25) is 0 Å². The molecule has 1 spiro atoms. The molecule has 0 bridgehead atoms. The van der Waals surface area contributed by atoms with Gasteiger partial charge in [-0.3, -0.25) is 4.18 Å². The van der Waals surface area contributed by atoms with E-state index in [1.807, 2.05) is 0 Å². The lowest BCUT2D eigenvalue weighted by atomic mass is 9.44. The topological polar surface area (TPSA) is 55.9 Å². The van der Waals surface area contributed by atoms with Gasteiger partial charge in [-0.1, -0.05) is 53.9 Å². The summed E-state index contributed by atoms with van der Waals surface area (Å²) in [5, 5.41) is 0. The summed E-state index contributed by atoms with van der Waals surface area (Å²) in [6, 6.07) is 0. The first-order valence-electron chi connectivity index (χ1n) is 14.0. The van der Waals surface area contributed by atoms with E-state index in [0.29, 0.717) is 11.5 Å². The number of hydrogen-bond acceptors (Lipinski definition) is 4. The van der Waals surface area contributed by atoms with E-state index < -0.39 is 10.1 Å². The number of ether oxygens (including phenoxy) is 1. The highest BCUT2D eigenvalue weighted by Gasteiger charge is 2.76. The Balaban J connectivity index is 1.31. The molecular weight excluding hydrogens is 432 g/mol. The Labute approximate surface area is 203 Å². The van der Waals surface area contributed by atoms with Crippen LogP contribution in [0.1, 0.15) is 105 Å². The van der Waals surface area contributed by atoms with Crippen LogP contribution in [0.4, 0.5) is 0 Å². The van der Waals surface area contributed by atoms with Gasteiger partial charge in [-0.2, -0.15) is 8.42 Å². The molecule has 1 aliphatic heterocycles. The molecule has 0 aromatic carbocycles. The molecule has 1 heterocycles. The molecule has 5 rings (SSSR count). The summed E-state index contributed by atoms with van der Waals surface area (Å²) in [5.74, 6) is 4.90. The Morgan fingerprint density at radius 1 is 1.00 bits per heavy atom. The van der Waals surface area contributed by atoms with Crippen LogP contribution in [0, 0.1) is 46.3 Å². The number of hydrogen-bond donors (Lipinski definition) is 0. The lowest BCUT2D eigenvalue weighted by Gasteiger charge is -2.59. The third kappa shape index (κ3) is 3.95. The van der Waals surface area contributed by atoms with Gasteiger partial charge >= 0.3 is 0 Å². The van der Waals surface area contributed by atoms with Crippen molar-refractivity contribution in [3.63, 3.8) is 0 Å². The Bertz CT molecular complexity index is 854. The minimum absolute atomic E-state index is 0.127. The molecule has 0 radical (unpaired) electrons. The summed E-state index contributed by atoms with van der Waals surface area (Å²) < 4.78 is 35.6. The monoisotopic (exact) mass is 480 g/mol. The number of epoxide rings is 1. The zero-order valence-corrected chi connectivity index (χ0v) is 22.8. The first kappa shape index (κ1) is 24.6. The Morgan fingerprint density at radius 3 is 2.45 bits per heavy atom. The van der Waals surface area contributed by atoms with E-state index in [1.165, 1.54) is 57.6 Å². The van der Waals surface area contributed by atoms with Crippen molar-refractivity contribution in [2.45, 2.75) is 123 Å². The smallest absolute Gasteiger partial charge is 0.264 e. The van der Waals surface area contributed by atoms with Crippen molar-refractivity contribution in [1.29, 1.82) is 0 Å². The van der Waals surface area contributed by atoms with Gasteiger partial charge in [0.1, 0.15) is 5.60 Å². The van der Waals surface area contributed by atoms with E-state index in [4.69, 9.17) is 8.92 Å². The Hall–Kier alpha value is -0.130. The second-order valence-electron chi connectivity index (χ2n) is 13.7. The fourth-order valence-corrected chi connectivity index (χ4v) is 10.7. The highest BCUT2D eigenvalue weighted by atomic mass is 32.2. The van der Waals surface area contributed by atoms with Crippen molar-refractivity contribution in [2.24, 2.45) is 46.3 Å². The second kappa shape index (κ2) is 8.20. The molecule has 0 amide bonds. The molecule has 0 aromatic heterocycles. The fraction of sp³-hybridized carbons (Fsp3) is 1.00. The van der Waals surface area contributed by atoms with Crippen LogP contribution >= 0.6 is 0 Å². The molecule has 0 unspecified atom stereocenters. The maximum Gasteiger partial charge on any atom is 0.264 e.